The van der Waals surface area contributed by atoms with Gasteiger partial charge >= 0.3 is 14.2 Å². The molecule has 0 radical (unpaired) electrons. The van der Waals surface area contributed by atoms with Crippen LogP contribution < -0.4 is 10.4 Å². The van der Waals surface area contributed by atoms with E-state index in [1.54, 1.807) is 24.3 Å². The first-order valence-corrected chi connectivity index (χ1v) is 13.5. The van der Waals surface area contributed by atoms with E-state index in [0.29, 0.717) is 30.0 Å². The van der Waals surface area contributed by atoms with E-state index in [9.17, 15) is 29.8 Å². The van der Waals surface area contributed by atoms with Gasteiger partial charge in [0, 0.05) is 0 Å². The highest BCUT2D eigenvalue weighted by Crippen LogP contribution is 2.51. The first-order chi connectivity index (χ1) is 18.5. The molecule has 2 aromatic rings. The number of aromatic hydroxyl groups is 1. The molecule has 4 N–H and O–H groups in total. The van der Waals surface area contributed by atoms with E-state index in [-0.39, 0.29) is 35.3 Å². The fourth-order valence-corrected chi connectivity index (χ4v) is 6.56. The molecular weight excluding hydrogens is 519 g/mol. The van der Waals surface area contributed by atoms with Crippen molar-refractivity contribution in [3.8, 4) is 5.75 Å². The molecular formula is C28H30B2ClNO7. The molecule has 8 nitrogen and oxygen atoms in total. The third-order valence-corrected chi connectivity index (χ3v) is 8.39. The first kappa shape index (κ1) is 27.7. The normalized spacial score (nSPS) is 25.2. The topological polar surface area (TPSA) is 128 Å². The van der Waals surface area contributed by atoms with Crippen molar-refractivity contribution >= 4 is 54.9 Å². The second-order valence-electron chi connectivity index (χ2n) is 10.7. The van der Waals surface area contributed by atoms with E-state index in [4.69, 9.17) is 16.3 Å². The van der Waals surface area contributed by atoms with Crippen LogP contribution in [0.1, 0.15) is 38.7 Å². The van der Waals surface area contributed by atoms with Crippen LogP contribution in [0.15, 0.2) is 59.2 Å². The number of anilines is 1. The van der Waals surface area contributed by atoms with Gasteiger partial charge in [0.05, 0.1) is 28.6 Å². The van der Waals surface area contributed by atoms with Crippen molar-refractivity contribution in [2.24, 2.45) is 17.8 Å². The quantitative estimate of drug-likeness (QED) is 0.248. The van der Waals surface area contributed by atoms with Gasteiger partial charge in [0.25, 0.3) is 0 Å². The lowest BCUT2D eigenvalue weighted by Crippen LogP contribution is -2.46. The highest BCUT2D eigenvalue weighted by Gasteiger charge is 2.57. The molecule has 2 aliphatic heterocycles. The van der Waals surface area contributed by atoms with Crippen LogP contribution in [0.5, 0.6) is 5.75 Å². The average Bonchev–Trinajstić information content (AvgIpc) is 3.13. The third kappa shape index (κ3) is 5.32. The van der Waals surface area contributed by atoms with Gasteiger partial charge in [-0.1, -0.05) is 41.0 Å². The lowest BCUT2D eigenvalue weighted by molar-refractivity contribution is -0.122. The molecule has 202 valence electrons. The summed E-state index contributed by atoms with van der Waals surface area (Å²) in [6.45, 7) is 3.95. The van der Waals surface area contributed by atoms with Crippen LogP contribution in [0.2, 0.25) is 11.3 Å². The van der Waals surface area contributed by atoms with E-state index < -0.39 is 32.2 Å². The Morgan fingerprint density at radius 1 is 1.18 bits per heavy atom. The number of imide groups is 1. The third-order valence-electron chi connectivity index (χ3n) is 8.07. The number of halogens is 1. The molecule has 0 unspecified atom stereocenters. The smallest absolute Gasteiger partial charge is 0.488 e. The van der Waals surface area contributed by atoms with Crippen LogP contribution in [0.25, 0.3) is 6.08 Å². The summed E-state index contributed by atoms with van der Waals surface area (Å²) in [5.74, 6) is -2.04. The fraction of sp³-hybridized carbons (Fsp3) is 0.357. The first-order valence-electron chi connectivity index (χ1n) is 13.1. The number of hydrogen-bond acceptors (Lipinski definition) is 7. The minimum absolute atomic E-state index is 0.0978. The number of hydrogen-bond donors (Lipinski definition) is 4. The van der Waals surface area contributed by atoms with E-state index >= 15 is 0 Å². The number of fused-ring (bicyclic) bond motifs is 3. The van der Waals surface area contributed by atoms with Crippen molar-refractivity contribution in [3.63, 3.8) is 0 Å². The number of phenols is 1. The molecule has 0 saturated carbocycles. The summed E-state index contributed by atoms with van der Waals surface area (Å²) in [4.78, 5) is 28.4. The Morgan fingerprint density at radius 3 is 2.67 bits per heavy atom. The van der Waals surface area contributed by atoms with Crippen molar-refractivity contribution in [1.82, 2.24) is 0 Å². The Morgan fingerprint density at radius 2 is 1.95 bits per heavy atom. The summed E-state index contributed by atoms with van der Waals surface area (Å²) in [7, 11) is -2.78. The molecule has 2 fully saturated rings. The van der Waals surface area contributed by atoms with Gasteiger partial charge in [0.2, 0.25) is 11.8 Å². The fourth-order valence-electron chi connectivity index (χ4n) is 6.33. The highest BCUT2D eigenvalue weighted by atomic mass is 35.5. The molecule has 0 spiro atoms. The van der Waals surface area contributed by atoms with Gasteiger partial charge in [-0.05, 0) is 92.3 Å². The Bertz CT molecular complexity index is 1380. The number of allylic oxidation sites excluding steroid dienone is 2. The summed E-state index contributed by atoms with van der Waals surface area (Å²) in [5.41, 5.74) is 4.32. The van der Waals surface area contributed by atoms with Crippen molar-refractivity contribution in [2.75, 3.05) is 4.90 Å². The number of rotatable bonds is 6. The van der Waals surface area contributed by atoms with E-state index in [1.165, 1.54) is 18.2 Å². The van der Waals surface area contributed by atoms with Gasteiger partial charge in [-0.2, -0.15) is 0 Å². The molecule has 5 rings (SSSR count). The highest BCUT2D eigenvalue weighted by molar-refractivity contribution is 6.58. The maximum absolute atomic E-state index is 13.7. The Balaban J connectivity index is 1.38. The summed E-state index contributed by atoms with van der Waals surface area (Å²) in [6, 6.07) is 11.0. The minimum Gasteiger partial charge on any atom is -0.508 e. The zero-order valence-electron chi connectivity index (χ0n) is 21.8. The zero-order chi connectivity index (χ0) is 28.0. The standard InChI is InChI=1S/C28H30B2ClNO7/c1-15(10-17-7-8-20(33)13-23(17)31)6-9-24-25-16(2)11-21-26(22(25)14-29(36)39-24)28(35)32(27(21)34)19-5-3-4-18(12-19)30(37)38/h3-5,7-8,10,12-13,21-22,24,26,33,36-38H,6,9,11,14H2,1-2H3/b15-10+/t21-,22+,24-,26-/m1/s1. The average molecular weight is 550 g/mol. The molecule has 2 amide bonds. The molecule has 39 heavy (non-hydrogen) atoms. The molecule has 2 heterocycles. The van der Waals surface area contributed by atoms with Gasteiger partial charge in [-0.3, -0.25) is 14.5 Å². The lowest BCUT2D eigenvalue weighted by atomic mass is 9.59. The molecule has 3 aliphatic rings. The van der Waals surface area contributed by atoms with Crippen molar-refractivity contribution in [1.29, 1.82) is 0 Å². The number of benzene rings is 2. The SMILES string of the molecule is CC1=C2[C@@H](CC/C(C)=C/c3ccc(O)cc3Cl)OB(O)C[C@@H]2[C@@H]2C(=O)N(c3cccc(B(O)O)c3)C(=O)[C@@H]2C1. The summed E-state index contributed by atoms with van der Waals surface area (Å²) < 4.78 is 5.98. The molecule has 11 heteroatoms. The maximum Gasteiger partial charge on any atom is 0.488 e. The minimum atomic E-state index is -1.72. The van der Waals surface area contributed by atoms with Crippen LogP contribution >= 0.6 is 11.6 Å². The van der Waals surface area contributed by atoms with Gasteiger partial charge in [-0.15, -0.1) is 0 Å². The van der Waals surface area contributed by atoms with Crippen molar-refractivity contribution < 1.29 is 34.4 Å². The Labute approximate surface area is 232 Å². The number of carbonyl (C=O) groups is 2. The molecule has 1 aliphatic carbocycles. The molecule has 2 saturated heterocycles. The summed E-state index contributed by atoms with van der Waals surface area (Å²) >= 11 is 6.25. The summed E-state index contributed by atoms with van der Waals surface area (Å²) in [6.07, 6.45) is 3.44. The largest absolute Gasteiger partial charge is 0.508 e. The second kappa shape index (κ2) is 10.9. The monoisotopic (exact) mass is 549 g/mol. The van der Waals surface area contributed by atoms with Gasteiger partial charge in [0.1, 0.15) is 5.75 Å². The predicted molar refractivity (Wildman–Crippen MR) is 150 cm³/mol. The number of nitrogens with zero attached hydrogens (tertiary/aromatic N) is 1. The Hall–Kier alpha value is -2.88. The Kier molecular flexibility index (Phi) is 7.77. The van der Waals surface area contributed by atoms with Crippen LogP contribution in [0, 0.1) is 17.8 Å². The van der Waals surface area contributed by atoms with E-state index in [0.717, 1.165) is 27.2 Å². The second-order valence-corrected chi connectivity index (χ2v) is 11.1. The number of amides is 2. The van der Waals surface area contributed by atoms with Crippen LogP contribution in [-0.4, -0.2) is 52.3 Å². The van der Waals surface area contributed by atoms with Gasteiger partial charge < -0.3 is 24.8 Å². The van der Waals surface area contributed by atoms with E-state index in [2.05, 4.69) is 0 Å². The molecule has 2 aromatic carbocycles. The zero-order valence-corrected chi connectivity index (χ0v) is 22.5. The van der Waals surface area contributed by atoms with E-state index in [1.807, 2.05) is 19.9 Å². The van der Waals surface area contributed by atoms with Crippen molar-refractivity contribution in [2.45, 2.75) is 45.5 Å². The predicted octanol–water partition coefficient (Wildman–Crippen LogP) is 2.93. The molecule has 4 atom stereocenters. The van der Waals surface area contributed by atoms with Crippen LogP contribution in [-0.2, 0) is 14.2 Å². The lowest BCUT2D eigenvalue weighted by Gasteiger charge is -2.42. The van der Waals surface area contributed by atoms with Crippen LogP contribution in [0.4, 0.5) is 5.69 Å². The van der Waals surface area contributed by atoms with Gasteiger partial charge in [0.15, 0.2) is 0 Å². The molecule has 0 bridgehead atoms. The summed E-state index contributed by atoms with van der Waals surface area (Å²) in [5, 5.41) is 39.8. The maximum atomic E-state index is 13.7. The van der Waals surface area contributed by atoms with Crippen molar-refractivity contribution in [3.05, 3.63) is 69.8 Å². The van der Waals surface area contributed by atoms with Crippen LogP contribution in [0.3, 0.4) is 0 Å². The van der Waals surface area contributed by atoms with Gasteiger partial charge in [-0.25, -0.2) is 0 Å². The molecule has 0 aromatic heterocycles. The number of carbonyl (C=O) groups excluding carboxylic acids is 2. The number of phenolic OH excluding ortho intramolecular Hbond substituents is 1.